The van der Waals surface area contributed by atoms with Gasteiger partial charge in [0.2, 0.25) is 0 Å². The maximum atomic E-state index is 11.9. The molecule has 0 aromatic heterocycles. The van der Waals surface area contributed by atoms with Gasteiger partial charge in [-0.25, -0.2) is 8.42 Å². The molecule has 1 aromatic rings. The van der Waals surface area contributed by atoms with Gasteiger partial charge in [0, 0.05) is 24.4 Å². The second kappa shape index (κ2) is 5.11. The Hall–Kier alpha value is -1.11. The summed E-state index contributed by atoms with van der Waals surface area (Å²) >= 11 is 0. The molecular weight excluding hydrogens is 264 g/mol. The zero-order valence-corrected chi connectivity index (χ0v) is 12.0. The number of hydrogen-bond donors (Lipinski definition) is 2. The number of nitrogens with two attached hydrogens (primary N) is 1. The van der Waals surface area contributed by atoms with Crippen LogP contribution in [0.3, 0.4) is 0 Å². The second-order valence-electron chi connectivity index (χ2n) is 5.25. The first-order chi connectivity index (χ1) is 8.84. The number of likely N-dealkylation sites (tertiary alicyclic amines) is 1. The molecule has 2 unspecified atom stereocenters. The first-order valence-corrected chi connectivity index (χ1v) is 8.16. The van der Waals surface area contributed by atoms with Crippen LogP contribution >= 0.6 is 0 Å². The van der Waals surface area contributed by atoms with E-state index in [0.29, 0.717) is 18.0 Å². The number of benzene rings is 1. The van der Waals surface area contributed by atoms with Crippen LogP contribution in [0.2, 0.25) is 0 Å². The van der Waals surface area contributed by atoms with Gasteiger partial charge in [-0.3, -0.25) is 4.90 Å². The Kier molecular flexibility index (Phi) is 3.85. The lowest BCUT2D eigenvalue weighted by Crippen LogP contribution is -2.21. The Morgan fingerprint density at radius 1 is 1.47 bits per heavy atom. The summed E-state index contributed by atoms with van der Waals surface area (Å²) in [6.07, 6.45) is 1.94. The fraction of sp³-hybridized carbons (Fsp3) is 0.538. The average Bonchev–Trinajstić information content (AvgIpc) is 2.69. The molecule has 2 rings (SSSR count). The molecular formula is C13H20N2O3S. The van der Waals surface area contributed by atoms with Gasteiger partial charge in [0.1, 0.15) is 5.75 Å². The van der Waals surface area contributed by atoms with Crippen LogP contribution in [0.5, 0.6) is 5.75 Å². The molecule has 0 amide bonds. The third kappa shape index (κ3) is 2.75. The van der Waals surface area contributed by atoms with Crippen molar-refractivity contribution in [3.8, 4) is 5.75 Å². The first kappa shape index (κ1) is 14.3. The Morgan fingerprint density at radius 2 is 2.16 bits per heavy atom. The summed E-state index contributed by atoms with van der Waals surface area (Å²) in [5.74, 6) is 0.375. The standard InChI is InChI=1S/C13H20N2O3S/c1-15-8-9(7-14)6-10(15)13-11(16)4-3-5-12(13)19(2,17)18/h3-5,9-10,16H,6-8,14H2,1-2H3. The molecule has 0 saturated carbocycles. The topological polar surface area (TPSA) is 83.6 Å². The predicted molar refractivity (Wildman–Crippen MR) is 73.7 cm³/mol. The van der Waals surface area contributed by atoms with Crippen LogP contribution in [-0.2, 0) is 9.84 Å². The molecule has 3 N–H and O–H groups in total. The summed E-state index contributed by atoms with van der Waals surface area (Å²) in [4.78, 5) is 2.27. The first-order valence-electron chi connectivity index (χ1n) is 6.26. The predicted octanol–water partition coefficient (Wildman–Crippen LogP) is 0.747. The van der Waals surface area contributed by atoms with Crippen LogP contribution in [0.1, 0.15) is 18.0 Å². The van der Waals surface area contributed by atoms with E-state index >= 15 is 0 Å². The van der Waals surface area contributed by atoms with Crippen molar-refractivity contribution in [3.05, 3.63) is 23.8 Å². The number of hydrogen-bond acceptors (Lipinski definition) is 5. The van der Waals surface area contributed by atoms with Gasteiger partial charge in [-0.15, -0.1) is 0 Å². The maximum Gasteiger partial charge on any atom is 0.175 e. The van der Waals surface area contributed by atoms with Crippen molar-refractivity contribution in [1.29, 1.82) is 0 Å². The zero-order valence-electron chi connectivity index (χ0n) is 11.2. The van der Waals surface area contributed by atoms with Gasteiger partial charge in [-0.2, -0.15) is 0 Å². The maximum absolute atomic E-state index is 11.9. The minimum Gasteiger partial charge on any atom is -0.508 e. The van der Waals surface area contributed by atoms with E-state index in [4.69, 9.17) is 5.73 Å². The minimum atomic E-state index is -3.36. The van der Waals surface area contributed by atoms with E-state index in [1.54, 1.807) is 12.1 Å². The number of phenols is 1. The number of aromatic hydroxyl groups is 1. The van der Waals surface area contributed by atoms with E-state index in [9.17, 15) is 13.5 Å². The summed E-state index contributed by atoms with van der Waals surface area (Å²) in [6, 6.07) is 4.55. The summed E-state index contributed by atoms with van der Waals surface area (Å²) in [6.45, 7) is 1.39. The van der Waals surface area contributed by atoms with Crippen LogP contribution in [0.4, 0.5) is 0 Å². The second-order valence-corrected chi connectivity index (χ2v) is 7.24. The fourth-order valence-electron chi connectivity index (χ4n) is 2.80. The fourth-order valence-corrected chi connectivity index (χ4v) is 3.77. The molecule has 0 bridgehead atoms. The Labute approximate surface area is 113 Å². The molecule has 5 nitrogen and oxygen atoms in total. The van der Waals surface area contributed by atoms with E-state index < -0.39 is 9.84 Å². The highest BCUT2D eigenvalue weighted by Crippen LogP contribution is 2.41. The van der Waals surface area contributed by atoms with Crippen LogP contribution < -0.4 is 5.73 Å². The molecule has 19 heavy (non-hydrogen) atoms. The summed E-state index contributed by atoms with van der Waals surface area (Å²) in [7, 11) is -1.43. The van der Waals surface area contributed by atoms with Crippen molar-refractivity contribution in [2.45, 2.75) is 17.4 Å². The molecule has 1 saturated heterocycles. The molecule has 106 valence electrons. The highest BCUT2D eigenvalue weighted by molar-refractivity contribution is 7.90. The lowest BCUT2D eigenvalue weighted by Gasteiger charge is -2.22. The number of sulfone groups is 1. The Balaban J connectivity index is 2.51. The third-order valence-corrected chi connectivity index (χ3v) is 4.90. The van der Waals surface area contributed by atoms with Crippen LogP contribution in [-0.4, -0.2) is 44.8 Å². The number of rotatable bonds is 3. The smallest absolute Gasteiger partial charge is 0.175 e. The molecule has 1 fully saturated rings. The Morgan fingerprint density at radius 3 is 2.68 bits per heavy atom. The Bertz CT molecular complexity index is 571. The van der Waals surface area contributed by atoms with E-state index in [0.717, 1.165) is 13.0 Å². The van der Waals surface area contributed by atoms with Gasteiger partial charge in [0.15, 0.2) is 9.84 Å². The number of nitrogens with zero attached hydrogens (tertiary/aromatic N) is 1. The molecule has 0 aliphatic carbocycles. The van der Waals surface area contributed by atoms with Crippen molar-refractivity contribution >= 4 is 9.84 Å². The molecule has 0 radical (unpaired) electrons. The van der Waals surface area contributed by atoms with Crippen molar-refractivity contribution < 1.29 is 13.5 Å². The third-order valence-electron chi connectivity index (χ3n) is 3.74. The molecule has 0 spiro atoms. The summed E-state index contributed by atoms with van der Waals surface area (Å²) < 4.78 is 23.7. The van der Waals surface area contributed by atoms with Crippen molar-refractivity contribution in [3.63, 3.8) is 0 Å². The monoisotopic (exact) mass is 284 g/mol. The quantitative estimate of drug-likeness (QED) is 0.855. The van der Waals surface area contributed by atoms with E-state index in [-0.39, 0.29) is 16.7 Å². The van der Waals surface area contributed by atoms with Crippen molar-refractivity contribution in [2.24, 2.45) is 11.7 Å². The lowest BCUT2D eigenvalue weighted by molar-refractivity contribution is 0.302. The molecule has 2 atom stereocenters. The zero-order chi connectivity index (χ0) is 14.2. The lowest BCUT2D eigenvalue weighted by atomic mass is 9.99. The largest absolute Gasteiger partial charge is 0.508 e. The van der Waals surface area contributed by atoms with E-state index in [2.05, 4.69) is 4.90 Å². The summed E-state index contributed by atoms with van der Waals surface area (Å²) in [5.41, 5.74) is 6.19. The summed E-state index contributed by atoms with van der Waals surface area (Å²) in [5, 5.41) is 10.1. The van der Waals surface area contributed by atoms with Gasteiger partial charge < -0.3 is 10.8 Å². The van der Waals surface area contributed by atoms with Crippen LogP contribution in [0.25, 0.3) is 0 Å². The number of phenolic OH excluding ortho intramolecular Hbond substituents is 1. The SMILES string of the molecule is CN1CC(CN)CC1c1c(O)cccc1S(C)(=O)=O. The van der Waals surface area contributed by atoms with Crippen LogP contribution in [0.15, 0.2) is 23.1 Å². The van der Waals surface area contributed by atoms with Gasteiger partial charge in [0.25, 0.3) is 0 Å². The van der Waals surface area contributed by atoms with Crippen molar-refractivity contribution in [1.82, 2.24) is 4.90 Å². The van der Waals surface area contributed by atoms with Gasteiger partial charge in [-0.05, 0) is 38.1 Å². The van der Waals surface area contributed by atoms with Gasteiger partial charge in [-0.1, -0.05) is 6.07 Å². The molecule has 1 heterocycles. The highest BCUT2D eigenvalue weighted by Gasteiger charge is 2.34. The molecule has 1 aromatic carbocycles. The van der Waals surface area contributed by atoms with E-state index in [1.165, 1.54) is 12.3 Å². The van der Waals surface area contributed by atoms with Gasteiger partial charge in [0.05, 0.1) is 4.90 Å². The molecule has 6 heteroatoms. The van der Waals surface area contributed by atoms with Crippen LogP contribution in [0, 0.1) is 5.92 Å². The van der Waals surface area contributed by atoms with Crippen molar-refractivity contribution in [2.75, 3.05) is 26.4 Å². The highest BCUT2D eigenvalue weighted by atomic mass is 32.2. The average molecular weight is 284 g/mol. The van der Waals surface area contributed by atoms with Gasteiger partial charge >= 0.3 is 0 Å². The minimum absolute atomic E-state index is 0.0393. The molecule has 1 aliphatic heterocycles. The van der Waals surface area contributed by atoms with E-state index in [1.807, 2.05) is 7.05 Å². The normalized spacial score (nSPS) is 24.8. The molecule has 1 aliphatic rings.